The van der Waals surface area contributed by atoms with E-state index in [9.17, 15) is 9.59 Å². The Balaban J connectivity index is 2.02. The molecule has 20 heteroatoms. The van der Waals surface area contributed by atoms with Gasteiger partial charge in [-0.2, -0.15) is 20.4 Å². The Kier molecular flexibility index (Phi) is 16.4. The van der Waals surface area contributed by atoms with Crippen molar-refractivity contribution < 1.29 is 9.59 Å². The van der Waals surface area contributed by atoms with Crippen molar-refractivity contribution in [2.75, 3.05) is 10.6 Å². The summed E-state index contributed by atoms with van der Waals surface area (Å²) in [5.41, 5.74) is 48.8. The zero-order valence-corrected chi connectivity index (χ0v) is 29.7. The maximum Gasteiger partial charge on any atom is 0.224 e. The molecule has 0 heterocycles. The second-order valence-electron chi connectivity index (χ2n) is 11.4. The molecule has 52 heavy (non-hydrogen) atoms. The van der Waals surface area contributed by atoms with Crippen LogP contribution in [0.25, 0.3) is 0 Å². The molecule has 0 spiro atoms. The van der Waals surface area contributed by atoms with Gasteiger partial charge in [-0.05, 0) is 76.9 Å². The van der Waals surface area contributed by atoms with Gasteiger partial charge in [0, 0.05) is 46.5 Å². The highest BCUT2D eigenvalue weighted by atomic mass is 16.2. The summed E-state index contributed by atoms with van der Waals surface area (Å²) in [6, 6.07) is 10.5. The van der Waals surface area contributed by atoms with E-state index in [1.165, 1.54) is 0 Å². The molecule has 0 saturated carbocycles. The molecule has 0 aromatic heterocycles. The second-order valence-corrected chi connectivity index (χ2v) is 11.4. The van der Waals surface area contributed by atoms with Gasteiger partial charge in [-0.3, -0.25) is 9.59 Å². The Morgan fingerprint density at radius 2 is 0.673 bits per heavy atom. The molecule has 0 aliphatic rings. The van der Waals surface area contributed by atoms with Gasteiger partial charge in [0.1, 0.15) is 0 Å². The largest absolute Gasteiger partial charge is 0.369 e. The average molecular weight is 717 g/mol. The van der Waals surface area contributed by atoms with Crippen molar-refractivity contribution in [2.45, 2.75) is 66.2 Å². The van der Waals surface area contributed by atoms with Gasteiger partial charge in [-0.15, -0.1) is 20.4 Å². The lowest BCUT2D eigenvalue weighted by molar-refractivity contribution is -0.117. The fourth-order valence-electron chi connectivity index (χ4n) is 4.37. The molecule has 0 radical (unpaired) electrons. The molecule has 0 unspecified atom stereocenters. The van der Waals surface area contributed by atoms with Crippen LogP contribution in [0, 0.1) is 0 Å². The summed E-state index contributed by atoms with van der Waals surface area (Å²) in [4.78, 5) is 25.7. The van der Waals surface area contributed by atoms with E-state index in [0.717, 1.165) is 12.8 Å². The highest BCUT2D eigenvalue weighted by Crippen LogP contribution is 2.20. The summed E-state index contributed by atoms with van der Waals surface area (Å²) in [5, 5.41) is 36.7. The Hall–Kier alpha value is -6.86. The van der Waals surface area contributed by atoms with Crippen LogP contribution in [0.15, 0.2) is 77.2 Å². The van der Waals surface area contributed by atoms with Crippen molar-refractivity contribution in [2.24, 2.45) is 86.7 Å². The third-order valence-electron chi connectivity index (χ3n) is 6.92. The molecule has 0 aliphatic heterocycles. The summed E-state index contributed by atoms with van der Waals surface area (Å²) >= 11 is 0. The monoisotopic (exact) mass is 716 g/mol. The van der Waals surface area contributed by atoms with Crippen molar-refractivity contribution in [3.8, 4) is 0 Å². The number of rotatable bonds is 17. The number of anilines is 2. The van der Waals surface area contributed by atoms with Crippen molar-refractivity contribution in [3.05, 3.63) is 58.7 Å². The van der Waals surface area contributed by atoms with E-state index < -0.39 is 0 Å². The van der Waals surface area contributed by atoms with Crippen LogP contribution in [-0.4, -0.2) is 58.5 Å². The minimum Gasteiger partial charge on any atom is -0.369 e. The lowest BCUT2D eigenvalue weighted by Crippen LogP contribution is -2.22. The predicted octanol–water partition coefficient (Wildman–Crippen LogP) is 0.594. The van der Waals surface area contributed by atoms with Crippen LogP contribution in [0.3, 0.4) is 0 Å². The number of benzene rings is 2. The molecule has 278 valence electrons. The topological polar surface area (TPSA) is 365 Å². The normalized spacial score (nSPS) is 12.0. The Bertz CT molecular complexity index is 1600. The first kappa shape index (κ1) is 41.3. The quantitative estimate of drug-likeness (QED) is 0.0470. The van der Waals surface area contributed by atoms with Crippen molar-refractivity contribution >= 4 is 69.9 Å². The number of carbonyl (C=O) groups excluding carboxylic acids is 2. The van der Waals surface area contributed by atoms with Crippen LogP contribution in [0.4, 0.5) is 11.4 Å². The van der Waals surface area contributed by atoms with Crippen molar-refractivity contribution in [1.82, 2.24) is 0 Å². The van der Waals surface area contributed by atoms with Crippen LogP contribution >= 0.6 is 0 Å². The first-order valence-electron chi connectivity index (χ1n) is 16.0. The fourth-order valence-corrected chi connectivity index (χ4v) is 4.37. The number of hydrogen-bond acceptors (Lipinski definition) is 10. The Morgan fingerprint density at radius 1 is 0.423 bits per heavy atom. The zero-order chi connectivity index (χ0) is 38.8. The fraction of sp³-hybridized carbons (Fsp3) is 0.312. The molecular weight excluding hydrogens is 668 g/mol. The van der Waals surface area contributed by atoms with Crippen LogP contribution in [0.1, 0.15) is 88.5 Å². The Labute approximate surface area is 301 Å². The smallest absolute Gasteiger partial charge is 0.224 e. The average Bonchev–Trinajstić information content (AvgIpc) is 3.08. The predicted molar refractivity (Wildman–Crippen MR) is 210 cm³/mol. The van der Waals surface area contributed by atoms with E-state index in [2.05, 4.69) is 51.4 Å². The second kappa shape index (κ2) is 20.6. The van der Waals surface area contributed by atoms with Crippen LogP contribution in [0.2, 0.25) is 0 Å². The molecule has 2 aromatic carbocycles. The first-order valence-corrected chi connectivity index (χ1v) is 16.0. The van der Waals surface area contributed by atoms with E-state index >= 15 is 0 Å². The van der Waals surface area contributed by atoms with Gasteiger partial charge in [0.15, 0.2) is 0 Å². The molecule has 20 nitrogen and oxygen atoms in total. The molecule has 2 rings (SSSR count). The van der Waals surface area contributed by atoms with Crippen molar-refractivity contribution in [1.29, 1.82) is 0 Å². The number of carbonyl (C=O) groups is 2. The summed E-state index contributed by atoms with van der Waals surface area (Å²) in [6.45, 7) is 6.87. The van der Waals surface area contributed by atoms with Gasteiger partial charge in [0.05, 0.1) is 22.8 Å². The van der Waals surface area contributed by atoms with E-state index in [1.54, 1.807) is 64.1 Å². The number of amides is 2. The van der Waals surface area contributed by atoms with Gasteiger partial charge in [-0.1, -0.05) is 12.8 Å². The maximum atomic E-state index is 12.8. The van der Waals surface area contributed by atoms with E-state index in [4.69, 9.17) is 45.9 Å². The van der Waals surface area contributed by atoms with Crippen LogP contribution in [0.5, 0.6) is 0 Å². The number of unbranched alkanes of at least 4 members (excludes halogenated alkanes) is 3. The van der Waals surface area contributed by atoms with Crippen LogP contribution < -0.4 is 56.5 Å². The maximum absolute atomic E-state index is 12.8. The lowest BCUT2D eigenvalue weighted by Gasteiger charge is -2.11. The number of guanidine groups is 4. The van der Waals surface area contributed by atoms with Gasteiger partial charge in [-0.25, -0.2) is 0 Å². The number of nitrogens with one attached hydrogen (secondary N) is 2. The lowest BCUT2D eigenvalue weighted by atomic mass is 10.0. The first-order chi connectivity index (χ1) is 24.5. The van der Waals surface area contributed by atoms with E-state index in [-0.39, 0.29) is 48.5 Å². The van der Waals surface area contributed by atoms with Crippen molar-refractivity contribution in [3.63, 3.8) is 0 Å². The van der Waals surface area contributed by atoms with Gasteiger partial charge < -0.3 is 56.5 Å². The summed E-state index contributed by atoms with van der Waals surface area (Å²) < 4.78 is 0. The summed E-state index contributed by atoms with van der Waals surface area (Å²) in [6.07, 6.45) is 3.24. The SMILES string of the molecule is C/C(=N\N=C(N)N)c1cc(NC(=O)CCCCCCC(=O)Nc2cc(/C(C)=N/N=C(N)N)cc(/C(C)=N/N=C(N)N)c2)cc(/C(C)=N/N=C(N)N)c1. The molecule has 0 saturated heterocycles. The van der Waals surface area contributed by atoms with E-state index in [1.807, 2.05) is 0 Å². The van der Waals surface area contributed by atoms with Gasteiger partial charge in [0.25, 0.3) is 0 Å². The molecule has 0 bridgehead atoms. The standard InChI is InChI=1S/C32H48N18O2/c1-17(43-47-29(33)34)21-11-22(18(2)44-48-30(35)36)14-25(13-21)41-27(51)9-7-5-6-8-10-28(52)42-26-15-23(19(3)45-49-31(37)38)12-24(16-26)20(4)46-50-32(39)40/h11-16H,5-10H2,1-4H3,(H,41,51)(H,42,52)(H4,33,34,47)(H4,35,36,48)(H4,37,38,49)(H4,39,40,50)/b43-17+,44-18+,45-19+,46-20+. The molecule has 0 atom stereocenters. The molecule has 2 aromatic rings. The van der Waals surface area contributed by atoms with E-state index in [0.29, 0.717) is 69.3 Å². The molecule has 0 aliphatic carbocycles. The highest BCUT2D eigenvalue weighted by Gasteiger charge is 2.12. The third kappa shape index (κ3) is 15.6. The van der Waals surface area contributed by atoms with Gasteiger partial charge >= 0.3 is 0 Å². The zero-order valence-electron chi connectivity index (χ0n) is 29.7. The van der Waals surface area contributed by atoms with Crippen LogP contribution in [-0.2, 0) is 9.59 Å². The molecule has 18 N–H and O–H groups in total. The highest BCUT2D eigenvalue weighted by molar-refractivity contribution is 6.07. The number of nitrogens with zero attached hydrogens (tertiary/aromatic N) is 8. The summed E-state index contributed by atoms with van der Waals surface area (Å²) in [5.74, 6) is -1.16. The minimum absolute atomic E-state index is 0.188. The van der Waals surface area contributed by atoms with Gasteiger partial charge in [0.2, 0.25) is 35.7 Å². The number of hydrogen-bond donors (Lipinski definition) is 10. The third-order valence-corrected chi connectivity index (χ3v) is 6.92. The Morgan fingerprint density at radius 3 is 0.904 bits per heavy atom. The summed E-state index contributed by atoms with van der Waals surface area (Å²) in [7, 11) is 0. The molecular formula is C32H48N18O2. The molecule has 0 fully saturated rings. The minimum atomic E-state index is -0.195. The molecule has 2 amide bonds. The number of nitrogens with two attached hydrogens (primary N) is 8.